The molecule has 1 aliphatic rings. The van der Waals surface area contributed by atoms with Crippen LogP contribution in [0.25, 0.3) is 0 Å². The maximum Gasteiger partial charge on any atom is 0.0681 e. The molecule has 0 bridgehead atoms. The number of benzene rings is 1. The van der Waals surface area contributed by atoms with E-state index >= 15 is 0 Å². The highest BCUT2D eigenvalue weighted by atomic mass is 16.3. The van der Waals surface area contributed by atoms with Gasteiger partial charge < -0.3 is 5.11 Å². The summed E-state index contributed by atoms with van der Waals surface area (Å²) >= 11 is 0. The van der Waals surface area contributed by atoms with Crippen LogP contribution < -0.4 is 0 Å². The summed E-state index contributed by atoms with van der Waals surface area (Å²) < 4.78 is 0. The van der Waals surface area contributed by atoms with Gasteiger partial charge in [0.15, 0.2) is 0 Å². The highest BCUT2D eigenvalue weighted by Crippen LogP contribution is 2.22. The van der Waals surface area contributed by atoms with Gasteiger partial charge in [0.05, 0.1) is 6.61 Å². The largest absolute Gasteiger partial charge is 0.392 e. The molecule has 0 saturated carbocycles. The van der Waals surface area contributed by atoms with Gasteiger partial charge in [-0.25, -0.2) is 0 Å². The van der Waals surface area contributed by atoms with E-state index in [1.807, 2.05) is 12.1 Å². The molecule has 16 heavy (non-hydrogen) atoms. The number of rotatable bonds is 4. The van der Waals surface area contributed by atoms with Crippen LogP contribution in [0, 0.1) is 0 Å². The average molecular weight is 219 g/mol. The van der Waals surface area contributed by atoms with Gasteiger partial charge in [0.1, 0.15) is 0 Å². The van der Waals surface area contributed by atoms with Crippen LogP contribution in [0.15, 0.2) is 24.3 Å². The van der Waals surface area contributed by atoms with E-state index in [4.69, 9.17) is 5.11 Å². The Labute approximate surface area is 97.9 Å². The van der Waals surface area contributed by atoms with Crippen molar-refractivity contribution in [3.05, 3.63) is 35.4 Å². The van der Waals surface area contributed by atoms with Gasteiger partial charge in [-0.2, -0.15) is 0 Å². The zero-order chi connectivity index (χ0) is 11.4. The van der Waals surface area contributed by atoms with Crippen molar-refractivity contribution in [3.63, 3.8) is 0 Å². The maximum absolute atomic E-state index is 8.98. The van der Waals surface area contributed by atoms with Crippen LogP contribution >= 0.6 is 0 Å². The second-order valence-corrected chi connectivity index (χ2v) is 4.65. The maximum atomic E-state index is 8.98. The Balaban J connectivity index is 1.97. The van der Waals surface area contributed by atoms with Crippen LogP contribution in [0.5, 0.6) is 0 Å². The lowest BCUT2D eigenvalue weighted by Crippen LogP contribution is -2.28. The summed E-state index contributed by atoms with van der Waals surface area (Å²) in [6.45, 7) is 4.71. The Hall–Kier alpha value is -0.860. The van der Waals surface area contributed by atoms with E-state index in [9.17, 15) is 0 Å². The molecule has 1 aromatic carbocycles. The van der Waals surface area contributed by atoms with Crippen LogP contribution in [0.4, 0.5) is 0 Å². The van der Waals surface area contributed by atoms with Crippen LogP contribution in [0.1, 0.15) is 37.3 Å². The summed E-state index contributed by atoms with van der Waals surface area (Å²) in [5, 5.41) is 8.98. The lowest BCUT2D eigenvalue weighted by atomic mass is 10.1. The van der Waals surface area contributed by atoms with E-state index < -0.39 is 0 Å². The van der Waals surface area contributed by atoms with E-state index in [0.29, 0.717) is 0 Å². The molecule has 1 fully saturated rings. The molecule has 88 valence electrons. The minimum absolute atomic E-state index is 0.140. The van der Waals surface area contributed by atoms with Gasteiger partial charge >= 0.3 is 0 Å². The molecule has 1 aliphatic heterocycles. The van der Waals surface area contributed by atoms with Crippen molar-refractivity contribution in [2.45, 2.75) is 45.4 Å². The predicted octanol–water partition coefficient (Wildman–Crippen LogP) is 2.55. The lowest BCUT2D eigenvalue weighted by molar-refractivity contribution is 0.240. The fraction of sp³-hybridized carbons (Fsp3) is 0.571. The third-order valence-corrected chi connectivity index (χ3v) is 3.56. The van der Waals surface area contributed by atoms with E-state index in [1.54, 1.807) is 0 Å². The minimum atomic E-state index is 0.140. The zero-order valence-electron chi connectivity index (χ0n) is 10.0. The second kappa shape index (κ2) is 5.46. The fourth-order valence-electron chi connectivity index (χ4n) is 2.55. The molecule has 1 saturated heterocycles. The number of likely N-dealkylation sites (tertiary alicyclic amines) is 1. The molecule has 1 heterocycles. The van der Waals surface area contributed by atoms with Gasteiger partial charge in [-0.1, -0.05) is 31.2 Å². The molecule has 1 unspecified atom stereocenters. The number of aliphatic hydroxyl groups excluding tert-OH is 1. The molecule has 2 rings (SSSR count). The van der Waals surface area contributed by atoms with Crippen LogP contribution in [-0.4, -0.2) is 22.6 Å². The van der Waals surface area contributed by atoms with Crippen molar-refractivity contribution >= 4 is 0 Å². The number of nitrogens with zero attached hydrogens (tertiary/aromatic N) is 1. The van der Waals surface area contributed by atoms with Crippen molar-refractivity contribution in [2.24, 2.45) is 0 Å². The summed E-state index contributed by atoms with van der Waals surface area (Å²) in [7, 11) is 0. The minimum Gasteiger partial charge on any atom is -0.392 e. The zero-order valence-corrected chi connectivity index (χ0v) is 10.0. The Morgan fingerprint density at radius 3 is 2.56 bits per heavy atom. The fourth-order valence-corrected chi connectivity index (χ4v) is 2.55. The van der Waals surface area contributed by atoms with Crippen molar-refractivity contribution in [1.82, 2.24) is 4.90 Å². The summed E-state index contributed by atoms with van der Waals surface area (Å²) in [5.74, 6) is 0. The van der Waals surface area contributed by atoms with Crippen molar-refractivity contribution in [1.29, 1.82) is 0 Å². The number of hydrogen-bond acceptors (Lipinski definition) is 2. The predicted molar refractivity (Wildman–Crippen MR) is 66.1 cm³/mol. The normalized spacial score (nSPS) is 21.5. The smallest absolute Gasteiger partial charge is 0.0681 e. The monoisotopic (exact) mass is 219 g/mol. The van der Waals surface area contributed by atoms with Gasteiger partial charge in [0.25, 0.3) is 0 Å². The molecule has 2 heteroatoms. The molecule has 0 amide bonds. The first-order valence-electron chi connectivity index (χ1n) is 6.26. The molecule has 0 radical (unpaired) electrons. The van der Waals surface area contributed by atoms with Gasteiger partial charge in [0, 0.05) is 12.6 Å². The topological polar surface area (TPSA) is 23.5 Å². The first-order valence-corrected chi connectivity index (χ1v) is 6.26. The highest BCUT2D eigenvalue weighted by molar-refractivity contribution is 5.22. The van der Waals surface area contributed by atoms with E-state index in [0.717, 1.165) is 18.2 Å². The Morgan fingerprint density at radius 2 is 1.94 bits per heavy atom. The molecule has 0 spiro atoms. The van der Waals surface area contributed by atoms with Crippen molar-refractivity contribution in [3.8, 4) is 0 Å². The highest BCUT2D eigenvalue weighted by Gasteiger charge is 2.22. The standard InChI is InChI=1S/C14H21NO/c1-2-14-4-3-9-15(14)10-12-5-7-13(11-16)8-6-12/h5-8,14,16H,2-4,9-11H2,1H3. The van der Waals surface area contributed by atoms with Crippen LogP contribution in [0.2, 0.25) is 0 Å². The van der Waals surface area contributed by atoms with Gasteiger partial charge in [-0.15, -0.1) is 0 Å². The first-order chi connectivity index (χ1) is 7.83. The molecule has 1 aromatic rings. The third kappa shape index (κ3) is 2.63. The SMILES string of the molecule is CCC1CCCN1Cc1ccc(CO)cc1. The van der Waals surface area contributed by atoms with Gasteiger partial charge in [-0.05, 0) is 36.9 Å². The summed E-state index contributed by atoms with van der Waals surface area (Å²) in [6.07, 6.45) is 3.95. The van der Waals surface area contributed by atoms with Gasteiger partial charge in [0.2, 0.25) is 0 Å². The van der Waals surface area contributed by atoms with E-state index in [-0.39, 0.29) is 6.61 Å². The number of aliphatic hydroxyl groups is 1. The van der Waals surface area contributed by atoms with E-state index in [1.165, 1.54) is 31.4 Å². The van der Waals surface area contributed by atoms with Crippen LogP contribution in [0.3, 0.4) is 0 Å². The second-order valence-electron chi connectivity index (χ2n) is 4.65. The summed E-state index contributed by atoms with van der Waals surface area (Å²) in [5.41, 5.74) is 2.36. The molecule has 1 N–H and O–H groups in total. The molecular weight excluding hydrogens is 198 g/mol. The molecule has 1 atom stereocenters. The van der Waals surface area contributed by atoms with Crippen LogP contribution in [-0.2, 0) is 13.2 Å². The summed E-state index contributed by atoms with van der Waals surface area (Å²) in [4.78, 5) is 2.58. The van der Waals surface area contributed by atoms with Crippen molar-refractivity contribution in [2.75, 3.05) is 6.54 Å². The van der Waals surface area contributed by atoms with E-state index in [2.05, 4.69) is 24.0 Å². The average Bonchev–Trinajstić information content (AvgIpc) is 2.77. The number of hydrogen-bond donors (Lipinski definition) is 1. The summed E-state index contributed by atoms with van der Waals surface area (Å²) in [6, 6.07) is 9.09. The Bertz CT molecular complexity index is 320. The first kappa shape index (κ1) is 11.6. The van der Waals surface area contributed by atoms with Gasteiger partial charge in [-0.3, -0.25) is 4.90 Å². The molecule has 0 aliphatic carbocycles. The molecule has 2 nitrogen and oxygen atoms in total. The quantitative estimate of drug-likeness (QED) is 0.841. The van der Waals surface area contributed by atoms with Crippen molar-refractivity contribution < 1.29 is 5.11 Å². The molecular formula is C14H21NO. The lowest BCUT2D eigenvalue weighted by Gasteiger charge is -2.23. The molecule has 0 aromatic heterocycles. The Morgan fingerprint density at radius 1 is 1.25 bits per heavy atom. The third-order valence-electron chi connectivity index (χ3n) is 3.56. The Kier molecular flexibility index (Phi) is 3.97.